The van der Waals surface area contributed by atoms with E-state index in [2.05, 4.69) is 30.6 Å². The zero-order chi connectivity index (χ0) is 11.7. The number of aryl methyl sites for hydroxylation is 1. The highest BCUT2D eigenvalue weighted by molar-refractivity contribution is 9.09. The second kappa shape index (κ2) is 4.23. The molecule has 7 heteroatoms. The van der Waals surface area contributed by atoms with E-state index in [0.29, 0.717) is 11.2 Å². The molecule has 0 radical (unpaired) electrons. The second-order valence-corrected chi connectivity index (χ2v) is 6.17. The van der Waals surface area contributed by atoms with Gasteiger partial charge < -0.3 is 4.98 Å². The van der Waals surface area contributed by atoms with Gasteiger partial charge in [-0.05, 0) is 20.8 Å². The number of nitrogens with zero attached hydrogens (tertiary/aromatic N) is 1. The smallest absolute Gasteiger partial charge is 0.258 e. The number of alkyl halides is 1. The fourth-order valence-electron chi connectivity index (χ4n) is 0.981. The summed E-state index contributed by atoms with van der Waals surface area (Å²) in [5.74, 6) is 0.576. The molecule has 0 fully saturated rings. The number of sulfonamides is 1. The third-order valence-corrected chi connectivity index (χ3v) is 4.72. The van der Waals surface area contributed by atoms with Crippen molar-refractivity contribution >= 4 is 26.0 Å². The Hall–Kier alpha value is -0.400. The Labute approximate surface area is 97.9 Å². The molecule has 0 aromatic carbocycles. The van der Waals surface area contributed by atoms with Crippen molar-refractivity contribution in [1.29, 1.82) is 0 Å². The Kier molecular flexibility index (Phi) is 3.57. The molecular formula is C8H14BrN3O2S. The molecule has 1 rings (SSSR count). The van der Waals surface area contributed by atoms with E-state index in [9.17, 15) is 8.42 Å². The maximum Gasteiger partial charge on any atom is 0.258 e. The molecule has 15 heavy (non-hydrogen) atoms. The molecule has 5 nitrogen and oxygen atoms in total. The number of hydrogen-bond acceptors (Lipinski definition) is 3. The number of aromatic amines is 1. The van der Waals surface area contributed by atoms with Gasteiger partial charge in [0.25, 0.3) is 10.0 Å². The van der Waals surface area contributed by atoms with Gasteiger partial charge in [-0.25, -0.2) is 18.1 Å². The summed E-state index contributed by atoms with van der Waals surface area (Å²) in [6.45, 7) is 5.29. The maximum absolute atomic E-state index is 11.8. The van der Waals surface area contributed by atoms with E-state index in [1.165, 1.54) is 6.20 Å². The average molecular weight is 296 g/mol. The van der Waals surface area contributed by atoms with E-state index in [0.717, 1.165) is 0 Å². The summed E-state index contributed by atoms with van der Waals surface area (Å²) in [4.78, 5) is 6.54. The highest BCUT2D eigenvalue weighted by Crippen LogP contribution is 2.12. The molecule has 0 saturated carbocycles. The summed E-state index contributed by atoms with van der Waals surface area (Å²) in [6, 6.07) is 0. The molecule has 86 valence electrons. The van der Waals surface area contributed by atoms with Crippen LogP contribution in [0.25, 0.3) is 0 Å². The molecule has 0 aliphatic carbocycles. The molecule has 0 bridgehead atoms. The summed E-state index contributed by atoms with van der Waals surface area (Å²) in [5, 5.41) is 0.626. The van der Waals surface area contributed by atoms with Crippen LogP contribution in [-0.4, -0.2) is 29.3 Å². The zero-order valence-electron chi connectivity index (χ0n) is 8.83. The van der Waals surface area contributed by atoms with E-state index in [4.69, 9.17) is 0 Å². The first-order valence-electron chi connectivity index (χ1n) is 4.38. The first-order chi connectivity index (χ1) is 6.77. The van der Waals surface area contributed by atoms with Gasteiger partial charge in [-0.15, -0.1) is 0 Å². The predicted octanol–water partition coefficient (Wildman–Crippen LogP) is 1.17. The molecular weight excluding hydrogens is 282 g/mol. The Balaban J connectivity index is 2.95. The van der Waals surface area contributed by atoms with Crippen LogP contribution < -0.4 is 4.72 Å². The summed E-state index contributed by atoms with van der Waals surface area (Å²) < 4.78 is 26.2. The Bertz CT molecular complexity index is 438. The van der Waals surface area contributed by atoms with Crippen LogP contribution in [0.1, 0.15) is 19.7 Å². The highest BCUT2D eigenvalue weighted by atomic mass is 79.9. The fraction of sp³-hybridized carbons (Fsp3) is 0.625. The molecule has 0 aliphatic rings. The highest BCUT2D eigenvalue weighted by Gasteiger charge is 2.26. The van der Waals surface area contributed by atoms with Crippen LogP contribution in [-0.2, 0) is 10.0 Å². The third kappa shape index (κ3) is 3.29. The van der Waals surface area contributed by atoms with Gasteiger partial charge in [0, 0.05) is 10.9 Å². The van der Waals surface area contributed by atoms with E-state index < -0.39 is 15.6 Å². The number of aromatic nitrogens is 2. The minimum atomic E-state index is -3.51. The molecule has 1 aromatic rings. The van der Waals surface area contributed by atoms with Gasteiger partial charge in [0.15, 0.2) is 5.03 Å². The molecule has 0 atom stereocenters. The van der Waals surface area contributed by atoms with Crippen molar-refractivity contribution in [1.82, 2.24) is 14.7 Å². The lowest BCUT2D eigenvalue weighted by atomic mass is 10.1. The SMILES string of the molecule is Cc1ncc(S(=O)(=O)NC(C)(C)CBr)[nH]1. The predicted molar refractivity (Wildman–Crippen MR) is 61.5 cm³/mol. The second-order valence-electron chi connectivity index (χ2n) is 3.96. The lowest BCUT2D eigenvalue weighted by Crippen LogP contribution is -2.44. The van der Waals surface area contributed by atoms with E-state index in [1.807, 2.05) is 0 Å². The average Bonchev–Trinajstić information content (AvgIpc) is 2.51. The van der Waals surface area contributed by atoms with E-state index in [-0.39, 0.29) is 5.03 Å². The van der Waals surface area contributed by atoms with Crippen molar-refractivity contribution in [2.75, 3.05) is 5.33 Å². The van der Waals surface area contributed by atoms with Crippen LogP contribution in [0.3, 0.4) is 0 Å². The van der Waals surface area contributed by atoms with Crippen molar-refractivity contribution in [2.24, 2.45) is 0 Å². The number of hydrogen-bond donors (Lipinski definition) is 2. The van der Waals surface area contributed by atoms with Gasteiger partial charge in [-0.3, -0.25) is 0 Å². The largest absolute Gasteiger partial charge is 0.332 e. The van der Waals surface area contributed by atoms with Gasteiger partial charge in [0.1, 0.15) is 5.82 Å². The van der Waals surface area contributed by atoms with Gasteiger partial charge in [0.2, 0.25) is 0 Å². The molecule has 0 spiro atoms. The Morgan fingerprint density at radius 1 is 1.60 bits per heavy atom. The number of nitrogens with one attached hydrogen (secondary N) is 2. The molecule has 1 aromatic heterocycles. The molecule has 2 N–H and O–H groups in total. The maximum atomic E-state index is 11.8. The summed E-state index contributed by atoms with van der Waals surface area (Å²) >= 11 is 3.25. The Morgan fingerprint density at radius 2 is 2.20 bits per heavy atom. The van der Waals surface area contributed by atoms with Gasteiger partial charge >= 0.3 is 0 Å². The van der Waals surface area contributed by atoms with Gasteiger partial charge in [0.05, 0.1) is 6.20 Å². The fourth-order valence-corrected chi connectivity index (χ4v) is 2.69. The molecule has 0 unspecified atom stereocenters. The van der Waals surface area contributed by atoms with Crippen LogP contribution in [0.15, 0.2) is 11.2 Å². The lowest BCUT2D eigenvalue weighted by molar-refractivity contribution is 0.498. The van der Waals surface area contributed by atoms with Crippen molar-refractivity contribution in [3.63, 3.8) is 0 Å². The molecule has 0 aliphatic heterocycles. The summed E-state index contributed by atoms with van der Waals surface area (Å²) in [6.07, 6.45) is 1.31. The first kappa shape index (κ1) is 12.7. The minimum Gasteiger partial charge on any atom is -0.332 e. The molecule has 1 heterocycles. The zero-order valence-corrected chi connectivity index (χ0v) is 11.2. The van der Waals surface area contributed by atoms with E-state index in [1.54, 1.807) is 20.8 Å². The standard InChI is InChI=1S/C8H14BrN3O2S/c1-6-10-4-7(11-6)15(13,14)12-8(2,3)5-9/h4,12H,5H2,1-3H3,(H,10,11). The van der Waals surface area contributed by atoms with Crippen LogP contribution >= 0.6 is 15.9 Å². The van der Waals surface area contributed by atoms with Gasteiger partial charge in [-0.1, -0.05) is 15.9 Å². The summed E-state index contributed by atoms with van der Waals surface area (Å²) in [5.41, 5.74) is -0.530. The van der Waals surface area contributed by atoms with Crippen LogP contribution in [0.2, 0.25) is 0 Å². The topological polar surface area (TPSA) is 74.8 Å². The third-order valence-electron chi connectivity index (χ3n) is 1.71. The number of imidazole rings is 1. The van der Waals surface area contributed by atoms with Gasteiger partial charge in [-0.2, -0.15) is 0 Å². The number of H-pyrrole nitrogens is 1. The first-order valence-corrected chi connectivity index (χ1v) is 6.99. The Morgan fingerprint density at radius 3 is 2.60 bits per heavy atom. The molecule has 0 amide bonds. The van der Waals surface area contributed by atoms with Crippen molar-refractivity contribution in [3.05, 3.63) is 12.0 Å². The summed E-state index contributed by atoms with van der Waals surface area (Å²) in [7, 11) is -3.51. The van der Waals surface area contributed by atoms with E-state index >= 15 is 0 Å². The minimum absolute atomic E-state index is 0.0917. The normalized spacial score (nSPS) is 13.1. The number of halogens is 1. The van der Waals surface area contributed by atoms with Crippen molar-refractivity contribution in [3.8, 4) is 0 Å². The monoisotopic (exact) mass is 295 g/mol. The van der Waals surface area contributed by atoms with Crippen LogP contribution in [0.5, 0.6) is 0 Å². The van der Waals surface area contributed by atoms with Crippen molar-refractivity contribution < 1.29 is 8.42 Å². The lowest BCUT2D eigenvalue weighted by Gasteiger charge is -2.22. The van der Waals surface area contributed by atoms with Crippen LogP contribution in [0.4, 0.5) is 0 Å². The van der Waals surface area contributed by atoms with Crippen LogP contribution in [0, 0.1) is 6.92 Å². The molecule has 0 saturated heterocycles. The number of rotatable bonds is 4. The van der Waals surface area contributed by atoms with Crippen molar-refractivity contribution in [2.45, 2.75) is 31.3 Å². The quantitative estimate of drug-likeness (QED) is 0.819.